The second kappa shape index (κ2) is 5.23. The zero-order valence-corrected chi connectivity index (χ0v) is 13.0. The van der Waals surface area contributed by atoms with Gasteiger partial charge in [0.05, 0.1) is 11.1 Å². The van der Waals surface area contributed by atoms with Crippen molar-refractivity contribution >= 4 is 5.97 Å². The molecule has 0 atom stereocenters. The van der Waals surface area contributed by atoms with Crippen LogP contribution in [0.4, 0.5) is 0 Å². The Bertz CT molecular complexity index is 478. The summed E-state index contributed by atoms with van der Waals surface area (Å²) in [5.74, 6) is -0.660. The van der Waals surface area contributed by atoms with Gasteiger partial charge < -0.3 is 5.11 Å². The predicted octanol–water partition coefficient (Wildman–Crippen LogP) is 3.68. The Hall–Kier alpha value is -1.32. The molecule has 20 heavy (non-hydrogen) atoms. The molecule has 1 aromatic rings. The molecule has 0 spiro atoms. The van der Waals surface area contributed by atoms with Gasteiger partial charge in [0.15, 0.2) is 0 Å². The maximum absolute atomic E-state index is 11.8. The van der Waals surface area contributed by atoms with Gasteiger partial charge in [0, 0.05) is 18.7 Å². The number of nitrogens with zero attached hydrogens (tertiary/aromatic N) is 2. The molecule has 112 valence electrons. The van der Waals surface area contributed by atoms with E-state index >= 15 is 0 Å². The number of aliphatic carboxylic acids is 1. The lowest BCUT2D eigenvalue weighted by molar-refractivity contribution is -0.152. The number of carboxylic acids is 1. The molecular formula is C16H26N2O2. The minimum absolute atomic E-state index is 0.274. The van der Waals surface area contributed by atoms with Crippen LogP contribution in [-0.4, -0.2) is 20.9 Å². The third-order valence-corrected chi connectivity index (χ3v) is 4.73. The summed E-state index contributed by atoms with van der Waals surface area (Å²) in [4.78, 5) is 11.8. The molecule has 1 N–H and O–H groups in total. The first-order valence-electron chi connectivity index (χ1n) is 7.52. The van der Waals surface area contributed by atoms with E-state index in [4.69, 9.17) is 0 Å². The summed E-state index contributed by atoms with van der Waals surface area (Å²) < 4.78 is 1.90. The minimum atomic E-state index is -0.660. The van der Waals surface area contributed by atoms with Crippen molar-refractivity contribution in [3.8, 4) is 0 Å². The second-order valence-electron chi connectivity index (χ2n) is 7.31. The predicted molar refractivity (Wildman–Crippen MR) is 78.6 cm³/mol. The number of carbonyl (C=O) groups is 1. The van der Waals surface area contributed by atoms with E-state index in [0.717, 1.165) is 31.4 Å². The lowest BCUT2D eigenvalue weighted by Crippen LogP contribution is -2.39. The van der Waals surface area contributed by atoms with Crippen LogP contribution < -0.4 is 0 Å². The molecule has 1 heterocycles. The zero-order chi connectivity index (χ0) is 15.0. The second-order valence-corrected chi connectivity index (χ2v) is 7.31. The Kier molecular flexibility index (Phi) is 3.94. The Balaban J connectivity index is 2.15. The van der Waals surface area contributed by atoms with Crippen LogP contribution in [0.1, 0.15) is 65.1 Å². The number of hydrogen-bond acceptors (Lipinski definition) is 2. The first kappa shape index (κ1) is 15.1. The van der Waals surface area contributed by atoms with Gasteiger partial charge >= 0.3 is 5.97 Å². The van der Waals surface area contributed by atoms with Gasteiger partial charge in [-0.15, -0.1) is 0 Å². The molecule has 1 aromatic heterocycles. The lowest BCUT2D eigenvalue weighted by Gasteiger charge is -2.40. The van der Waals surface area contributed by atoms with E-state index in [-0.39, 0.29) is 5.41 Å². The summed E-state index contributed by atoms with van der Waals surface area (Å²) in [6.07, 6.45) is 5.96. The van der Waals surface area contributed by atoms with E-state index < -0.39 is 11.4 Å². The first-order chi connectivity index (χ1) is 9.24. The Labute approximate surface area is 121 Å². The average Bonchev–Trinajstić information content (AvgIpc) is 2.80. The zero-order valence-electron chi connectivity index (χ0n) is 13.0. The molecule has 1 aliphatic carbocycles. The summed E-state index contributed by atoms with van der Waals surface area (Å²) in [6, 6.07) is 2.28. The summed E-state index contributed by atoms with van der Waals surface area (Å²) in [5, 5.41) is 14.2. The Morgan fingerprint density at radius 1 is 1.35 bits per heavy atom. The molecule has 0 amide bonds. The van der Waals surface area contributed by atoms with Crippen molar-refractivity contribution in [1.82, 2.24) is 9.78 Å². The molecule has 2 rings (SSSR count). The van der Waals surface area contributed by atoms with Gasteiger partial charge in [0.1, 0.15) is 0 Å². The monoisotopic (exact) mass is 278 g/mol. The van der Waals surface area contributed by atoms with Crippen LogP contribution >= 0.6 is 0 Å². The summed E-state index contributed by atoms with van der Waals surface area (Å²) >= 11 is 0. The van der Waals surface area contributed by atoms with Crippen molar-refractivity contribution in [3.63, 3.8) is 0 Å². The van der Waals surface area contributed by atoms with E-state index in [1.807, 2.05) is 16.9 Å². The number of hydrogen-bond donors (Lipinski definition) is 1. The fourth-order valence-corrected chi connectivity index (χ4v) is 2.98. The van der Waals surface area contributed by atoms with E-state index in [9.17, 15) is 9.90 Å². The largest absolute Gasteiger partial charge is 0.481 e. The van der Waals surface area contributed by atoms with E-state index in [1.165, 1.54) is 0 Å². The van der Waals surface area contributed by atoms with Crippen molar-refractivity contribution in [2.24, 2.45) is 10.8 Å². The normalized spacial score (nSPS) is 21.1. The van der Waals surface area contributed by atoms with Crippen molar-refractivity contribution in [2.75, 3.05) is 0 Å². The maximum Gasteiger partial charge on any atom is 0.310 e. The van der Waals surface area contributed by atoms with Crippen molar-refractivity contribution in [2.45, 2.75) is 65.8 Å². The molecule has 0 aliphatic heterocycles. The molecule has 0 unspecified atom stereocenters. The average molecular weight is 278 g/mol. The number of aromatic nitrogens is 2. The summed E-state index contributed by atoms with van der Waals surface area (Å²) in [6.45, 7) is 8.61. The summed E-state index contributed by atoms with van der Waals surface area (Å²) in [7, 11) is 0. The number of carboxylic acid groups (broad SMARTS) is 1. The maximum atomic E-state index is 11.8. The van der Waals surface area contributed by atoms with Gasteiger partial charge in [0.25, 0.3) is 0 Å². The molecule has 1 aliphatic rings. The van der Waals surface area contributed by atoms with Gasteiger partial charge in [-0.2, -0.15) is 5.10 Å². The van der Waals surface area contributed by atoms with Crippen LogP contribution in [0.2, 0.25) is 0 Å². The molecule has 0 saturated heterocycles. The highest BCUT2D eigenvalue weighted by Gasteiger charge is 2.44. The van der Waals surface area contributed by atoms with Gasteiger partial charge in [-0.25, -0.2) is 0 Å². The van der Waals surface area contributed by atoms with Crippen LogP contribution in [-0.2, 0) is 11.2 Å². The van der Waals surface area contributed by atoms with Gasteiger partial charge in [-0.1, -0.05) is 13.8 Å². The first-order valence-corrected chi connectivity index (χ1v) is 7.52. The minimum Gasteiger partial charge on any atom is -0.481 e. The molecule has 1 saturated carbocycles. The van der Waals surface area contributed by atoms with Crippen LogP contribution in [0.5, 0.6) is 0 Å². The highest BCUT2D eigenvalue weighted by molar-refractivity contribution is 5.75. The van der Waals surface area contributed by atoms with Crippen LogP contribution in [0.15, 0.2) is 12.3 Å². The summed E-state index contributed by atoms with van der Waals surface area (Å²) in [5.41, 5.74) is 0.558. The molecular weight excluding hydrogens is 252 g/mol. The highest BCUT2D eigenvalue weighted by atomic mass is 16.4. The molecule has 0 aromatic carbocycles. The molecule has 4 nitrogen and oxygen atoms in total. The molecule has 1 fully saturated rings. The van der Waals surface area contributed by atoms with Gasteiger partial charge in [-0.05, 0) is 51.0 Å². The Morgan fingerprint density at radius 2 is 1.95 bits per heavy atom. The topological polar surface area (TPSA) is 55.1 Å². The third kappa shape index (κ3) is 3.05. The fourth-order valence-electron chi connectivity index (χ4n) is 2.98. The number of rotatable bonds is 4. The molecule has 4 heteroatoms. The Morgan fingerprint density at radius 3 is 2.40 bits per heavy atom. The third-order valence-electron chi connectivity index (χ3n) is 4.73. The van der Waals surface area contributed by atoms with Crippen molar-refractivity contribution in [3.05, 3.63) is 18.0 Å². The lowest BCUT2D eigenvalue weighted by atomic mass is 9.63. The quantitative estimate of drug-likeness (QED) is 0.914. The van der Waals surface area contributed by atoms with Crippen molar-refractivity contribution in [1.29, 1.82) is 0 Å². The fraction of sp³-hybridized carbons (Fsp3) is 0.750. The van der Waals surface area contributed by atoms with Crippen LogP contribution in [0, 0.1) is 10.8 Å². The van der Waals surface area contributed by atoms with Crippen LogP contribution in [0.25, 0.3) is 0 Å². The molecule has 0 radical (unpaired) electrons. The van der Waals surface area contributed by atoms with Gasteiger partial charge in [0.2, 0.25) is 0 Å². The van der Waals surface area contributed by atoms with Gasteiger partial charge in [-0.3, -0.25) is 9.48 Å². The highest BCUT2D eigenvalue weighted by Crippen LogP contribution is 2.46. The van der Waals surface area contributed by atoms with Crippen molar-refractivity contribution < 1.29 is 9.90 Å². The van der Waals surface area contributed by atoms with E-state index in [0.29, 0.717) is 12.5 Å². The van der Waals surface area contributed by atoms with Crippen LogP contribution in [0.3, 0.4) is 0 Å². The van der Waals surface area contributed by atoms with E-state index in [1.54, 1.807) is 0 Å². The van der Waals surface area contributed by atoms with E-state index in [2.05, 4.69) is 32.8 Å². The molecule has 0 bridgehead atoms. The standard InChI is InChI=1S/C16H26N2O2/c1-12(2)18-10-5-13(17-18)11-16(14(19)20)8-6-15(3,4)7-9-16/h5,10,12H,6-9,11H2,1-4H3,(H,19,20). The SMILES string of the molecule is CC(C)n1ccc(CC2(C(=O)O)CCC(C)(C)CC2)n1. The smallest absolute Gasteiger partial charge is 0.310 e.